The van der Waals surface area contributed by atoms with Crippen LogP contribution >= 0.6 is 0 Å². The van der Waals surface area contributed by atoms with E-state index in [1.165, 1.54) is 22.0 Å². The molecule has 1 heterocycles. The molecule has 5 heteroatoms. The van der Waals surface area contributed by atoms with Gasteiger partial charge in [-0.15, -0.1) is 0 Å². The normalized spacial score (nSPS) is 12.1. The molecule has 3 aromatic rings. The third-order valence-corrected chi connectivity index (χ3v) is 5.12. The van der Waals surface area contributed by atoms with Crippen molar-refractivity contribution in [3.05, 3.63) is 59.8 Å². The Morgan fingerprint density at radius 1 is 1.14 bits per heavy atom. The fourth-order valence-electron chi connectivity index (χ4n) is 3.82. The molecule has 3 rings (SSSR count). The fourth-order valence-corrected chi connectivity index (χ4v) is 3.82. The molecule has 0 saturated carbocycles. The van der Waals surface area contributed by atoms with Crippen molar-refractivity contribution >= 4 is 28.2 Å². The highest BCUT2D eigenvalue weighted by atomic mass is 16.4. The summed E-state index contributed by atoms with van der Waals surface area (Å²) in [7, 11) is 2.07. The smallest absolute Gasteiger partial charge is 0.305 e. The van der Waals surface area contributed by atoms with Gasteiger partial charge in [0.15, 0.2) is 0 Å². The highest BCUT2D eigenvalue weighted by molar-refractivity contribution is 5.87. The predicted octanol–water partition coefficient (Wildman–Crippen LogP) is 5.15. The average Bonchev–Trinajstić information content (AvgIpc) is 2.98. The minimum Gasteiger partial charge on any atom is -0.481 e. The number of hydrogen-bond donors (Lipinski definition) is 3. The Balaban J connectivity index is 1.80. The summed E-state index contributed by atoms with van der Waals surface area (Å²) in [5.41, 5.74) is 5.68. The van der Waals surface area contributed by atoms with Gasteiger partial charge in [-0.05, 0) is 42.7 Å². The van der Waals surface area contributed by atoms with E-state index < -0.39 is 5.97 Å². The van der Waals surface area contributed by atoms with Crippen LogP contribution in [0.1, 0.15) is 37.3 Å². The van der Waals surface area contributed by atoms with E-state index in [1.54, 1.807) is 0 Å². The van der Waals surface area contributed by atoms with Crippen molar-refractivity contribution in [3.8, 4) is 0 Å². The van der Waals surface area contributed by atoms with Crippen LogP contribution in [0, 0.1) is 6.92 Å². The first-order valence-electron chi connectivity index (χ1n) is 9.84. The summed E-state index contributed by atoms with van der Waals surface area (Å²) in [6, 6.07) is 14.3. The highest BCUT2D eigenvalue weighted by Crippen LogP contribution is 2.28. The van der Waals surface area contributed by atoms with E-state index in [9.17, 15) is 9.90 Å². The minimum atomic E-state index is -0.775. The number of nitrogens with one attached hydrogen (secondary N) is 2. The molecule has 1 atom stereocenters. The van der Waals surface area contributed by atoms with Crippen molar-refractivity contribution < 1.29 is 9.90 Å². The average molecular weight is 380 g/mol. The number of anilines is 2. The number of aryl methyl sites for hydroxylation is 2. The molecule has 2 aromatic carbocycles. The van der Waals surface area contributed by atoms with Crippen molar-refractivity contribution in [2.75, 3.05) is 10.6 Å². The standard InChI is InChI=1S/C23H29N3O2/c1-4-8-18(13-22(27)28)25-20-11-6-5-10-19(20)24-14-17-15-26(3)21-12-7-9-16(2)23(17)21/h5-7,9-12,15,18,24-25H,4,8,13-14H2,1-3H3,(H,27,28)/t18-/m1/s1. The molecule has 0 fully saturated rings. The van der Waals surface area contributed by atoms with Crippen LogP contribution in [0.4, 0.5) is 11.4 Å². The summed E-state index contributed by atoms with van der Waals surface area (Å²) < 4.78 is 2.16. The van der Waals surface area contributed by atoms with Gasteiger partial charge in [0.1, 0.15) is 0 Å². The Kier molecular flexibility index (Phi) is 6.24. The number of fused-ring (bicyclic) bond motifs is 1. The van der Waals surface area contributed by atoms with Gasteiger partial charge in [-0.2, -0.15) is 0 Å². The van der Waals surface area contributed by atoms with Crippen molar-refractivity contribution in [1.82, 2.24) is 4.57 Å². The largest absolute Gasteiger partial charge is 0.481 e. The summed E-state index contributed by atoms with van der Waals surface area (Å²) in [6.45, 7) is 4.92. The second kappa shape index (κ2) is 8.83. The van der Waals surface area contributed by atoms with Crippen LogP contribution in [0.2, 0.25) is 0 Å². The third kappa shape index (κ3) is 4.47. The lowest BCUT2D eigenvalue weighted by molar-refractivity contribution is -0.137. The molecule has 0 radical (unpaired) electrons. The van der Waals surface area contributed by atoms with Gasteiger partial charge in [-0.1, -0.05) is 37.6 Å². The number of para-hydroxylation sites is 2. The maximum absolute atomic E-state index is 11.2. The second-order valence-corrected chi connectivity index (χ2v) is 7.36. The monoisotopic (exact) mass is 379 g/mol. The maximum Gasteiger partial charge on any atom is 0.305 e. The molecule has 0 aliphatic rings. The molecule has 0 unspecified atom stereocenters. The Labute approximate surface area is 166 Å². The Morgan fingerprint density at radius 2 is 1.89 bits per heavy atom. The lowest BCUT2D eigenvalue weighted by atomic mass is 10.1. The molecule has 0 amide bonds. The molecular formula is C23H29N3O2. The molecule has 3 N–H and O–H groups in total. The number of benzene rings is 2. The van der Waals surface area contributed by atoms with E-state index >= 15 is 0 Å². The van der Waals surface area contributed by atoms with Crippen LogP contribution in [-0.4, -0.2) is 21.7 Å². The second-order valence-electron chi connectivity index (χ2n) is 7.36. The zero-order valence-corrected chi connectivity index (χ0v) is 16.8. The molecule has 28 heavy (non-hydrogen) atoms. The van der Waals surface area contributed by atoms with Gasteiger partial charge < -0.3 is 20.3 Å². The van der Waals surface area contributed by atoms with Crippen LogP contribution in [0.25, 0.3) is 10.9 Å². The van der Waals surface area contributed by atoms with E-state index in [-0.39, 0.29) is 12.5 Å². The van der Waals surface area contributed by atoms with E-state index in [4.69, 9.17) is 0 Å². The van der Waals surface area contributed by atoms with Gasteiger partial charge >= 0.3 is 5.97 Å². The van der Waals surface area contributed by atoms with Crippen LogP contribution in [0.3, 0.4) is 0 Å². The topological polar surface area (TPSA) is 66.3 Å². The third-order valence-electron chi connectivity index (χ3n) is 5.12. The van der Waals surface area contributed by atoms with Crippen molar-refractivity contribution in [2.45, 2.75) is 45.7 Å². The van der Waals surface area contributed by atoms with Crippen molar-refractivity contribution in [3.63, 3.8) is 0 Å². The zero-order chi connectivity index (χ0) is 20.1. The first-order chi connectivity index (χ1) is 13.5. The zero-order valence-electron chi connectivity index (χ0n) is 16.8. The van der Waals surface area contributed by atoms with Gasteiger partial charge in [0.05, 0.1) is 17.8 Å². The molecule has 0 bridgehead atoms. The summed E-state index contributed by atoms with van der Waals surface area (Å²) in [5.74, 6) is -0.775. The molecule has 0 spiro atoms. The Morgan fingerprint density at radius 3 is 2.61 bits per heavy atom. The first kappa shape index (κ1) is 19.8. The SMILES string of the molecule is CCC[C@H](CC(=O)O)Nc1ccccc1NCc1cn(C)c2cccc(C)c12. The van der Waals surface area contributed by atoms with Crippen molar-refractivity contribution in [1.29, 1.82) is 0 Å². The van der Waals surface area contributed by atoms with Gasteiger partial charge in [-0.3, -0.25) is 4.79 Å². The van der Waals surface area contributed by atoms with Crippen LogP contribution in [-0.2, 0) is 18.4 Å². The Hall–Kier alpha value is -2.95. The van der Waals surface area contributed by atoms with E-state index in [1.807, 2.05) is 24.3 Å². The number of carboxylic acids is 1. The fraction of sp³-hybridized carbons (Fsp3) is 0.348. The molecule has 0 saturated heterocycles. The van der Waals surface area contributed by atoms with Gasteiger partial charge in [0.25, 0.3) is 0 Å². The number of carbonyl (C=O) groups is 1. The molecule has 5 nitrogen and oxygen atoms in total. The molecule has 1 aromatic heterocycles. The number of aliphatic carboxylic acids is 1. The lowest BCUT2D eigenvalue weighted by Crippen LogP contribution is -2.23. The number of nitrogens with zero attached hydrogens (tertiary/aromatic N) is 1. The highest BCUT2D eigenvalue weighted by Gasteiger charge is 2.14. The molecule has 0 aliphatic heterocycles. The molecule has 148 valence electrons. The number of rotatable bonds is 9. The molecule has 0 aliphatic carbocycles. The summed E-state index contributed by atoms with van der Waals surface area (Å²) in [4.78, 5) is 11.2. The van der Waals surface area contributed by atoms with Crippen LogP contribution in [0.15, 0.2) is 48.7 Å². The number of carboxylic acid groups (broad SMARTS) is 1. The van der Waals surface area contributed by atoms with Gasteiger partial charge in [0.2, 0.25) is 0 Å². The van der Waals surface area contributed by atoms with E-state index in [2.05, 4.69) is 60.5 Å². The van der Waals surface area contributed by atoms with Gasteiger partial charge in [0, 0.05) is 36.7 Å². The Bertz CT molecular complexity index is 962. The first-order valence-corrected chi connectivity index (χ1v) is 9.84. The number of aromatic nitrogens is 1. The quantitative estimate of drug-likeness (QED) is 0.481. The summed E-state index contributed by atoms with van der Waals surface area (Å²) >= 11 is 0. The summed E-state index contributed by atoms with van der Waals surface area (Å²) in [5, 5.41) is 17.4. The predicted molar refractivity (Wildman–Crippen MR) is 116 cm³/mol. The van der Waals surface area contributed by atoms with Gasteiger partial charge in [-0.25, -0.2) is 0 Å². The van der Waals surface area contributed by atoms with Crippen molar-refractivity contribution in [2.24, 2.45) is 7.05 Å². The summed E-state index contributed by atoms with van der Waals surface area (Å²) in [6.07, 6.45) is 4.05. The minimum absolute atomic E-state index is 0.0785. The van der Waals surface area contributed by atoms with E-state index in [0.29, 0.717) is 6.54 Å². The molecular weight excluding hydrogens is 350 g/mol. The number of hydrogen-bond acceptors (Lipinski definition) is 3. The lowest BCUT2D eigenvalue weighted by Gasteiger charge is -2.20. The maximum atomic E-state index is 11.2. The van der Waals surface area contributed by atoms with E-state index in [0.717, 1.165) is 24.2 Å². The van der Waals surface area contributed by atoms with Crippen LogP contribution < -0.4 is 10.6 Å². The van der Waals surface area contributed by atoms with Crippen LogP contribution in [0.5, 0.6) is 0 Å².